The molecule has 5 rings (SSSR count). The average Bonchev–Trinajstić information content (AvgIpc) is 3.07. The third-order valence-corrected chi connectivity index (χ3v) is 9.58. The molecule has 0 amide bonds. The van der Waals surface area contributed by atoms with E-state index < -0.39 is 11.6 Å². The van der Waals surface area contributed by atoms with Gasteiger partial charge in [-0.25, -0.2) is 17.6 Å². The summed E-state index contributed by atoms with van der Waals surface area (Å²) in [5, 5.41) is 0.856. The maximum Gasteiger partial charge on any atom is 0.129 e. The quantitative estimate of drug-likeness (QED) is 0.159. The van der Waals surface area contributed by atoms with Gasteiger partial charge in [-0.15, -0.1) is 0 Å². The van der Waals surface area contributed by atoms with Crippen molar-refractivity contribution in [2.24, 2.45) is 0 Å². The Hall–Kier alpha value is -3.89. The van der Waals surface area contributed by atoms with Gasteiger partial charge in [-0.1, -0.05) is 154 Å². The lowest BCUT2D eigenvalue weighted by Gasteiger charge is -2.19. The molecule has 0 unspecified atom stereocenters. The van der Waals surface area contributed by atoms with Crippen LogP contribution in [0.3, 0.4) is 0 Å². The number of rotatable bonds is 4. The van der Waals surface area contributed by atoms with Crippen LogP contribution < -0.4 is 0 Å². The van der Waals surface area contributed by atoms with Crippen molar-refractivity contribution < 1.29 is 17.6 Å². The second-order valence-electron chi connectivity index (χ2n) is 16.9. The molecular weight excluding hydrogens is 724 g/mol. The Morgan fingerprint density at radius 2 is 0.929 bits per heavy atom. The Morgan fingerprint density at radius 1 is 0.446 bits per heavy atom. The fraction of sp³-hybridized carbons (Fsp3) is 0.412. The van der Waals surface area contributed by atoms with E-state index in [2.05, 4.69) is 91.8 Å². The van der Waals surface area contributed by atoms with Gasteiger partial charge in [-0.3, -0.25) is 0 Å². The summed E-state index contributed by atoms with van der Waals surface area (Å²) < 4.78 is 52.1. The van der Waals surface area contributed by atoms with Crippen molar-refractivity contribution >= 4 is 11.6 Å². The van der Waals surface area contributed by atoms with Crippen LogP contribution in [0.25, 0.3) is 0 Å². The van der Waals surface area contributed by atoms with Crippen LogP contribution in [0.2, 0.25) is 5.02 Å². The minimum absolute atomic E-state index is 0.0833. The first-order valence-electron chi connectivity index (χ1n) is 19.7. The SMILES string of the molecule is Cc1cc(C(C)C)ccc1Cl.Cc1cc(C(C)C)ccc1F.Cc1cc(F)c(C(C)C)c(F)c1.Cc1ccc(C(C)C)c(F)c1.Cc1cccc(C(C)(C)C)c1. The van der Waals surface area contributed by atoms with Gasteiger partial charge in [0.05, 0.1) is 0 Å². The molecule has 56 heavy (non-hydrogen) atoms. The molecule has 5 heteroatoms. The third kappa shape index (κ3) is 17.5. The normalized spacial score (nSPS) is 10.9. The number of hydrogen-bond acceptors (Lipinski definition) is 0. The van der Waals surface area contributed by atoms with Gasteiger partial charge in [0.15, 0.2) is 0 Å². The number of halogens is 5. The summed E-state index contributed by atoms with van der Waals surface area (Å²) in [5.41, 5.74) is 10.1. The number of aryl methyl sites for hydroxylation is 5. The topological polar surface area (TPSA) is 0 Å². The van der Waals surface area contributed by atoms with Gasteiger partial charge in [0.1, 0.15) is 23.3 Å². The highest BCUT2D eigenvalue weighted by Crippen LogP contribution is 2.25. The minimum atomic E-state index is -0.442. The van der Waals surface area contributed by atoms with E-state index in [-0.39, 0.29) is 34.4 Å². The standard InChI is InChI=1S/C11H16.C10H13Cl.C10H12F2.2C10H13F/c1-9-6-5-7-10(8-9)11(2,3)4;1-7(2)9-4-5-10(11)8(3)6-9;1-6(2)10-8(11)4-7(3)5-9(10)12;1-7(2)9-4-5-10(11)8(3)6-9;1-7(2)9-5-4-8(3)6-10(9)11/h5-8H,1-4H3;4-7H,1-3H3;4-6H,1-3H3;2*4-7H,1-3H3. The van der Waals surface area contributed by atoms with Crippen molar-refractivity contribution in [3.05, 3.63) is 175 Å². The van der Waals surface area contributed by atoms with E-state index in [1.807, 2.05) is 58.0 Å². The van der Waals surface area contributed by atoms with Gasteiger partial charge in [0.2, 0.25) is 0 Å². The van der Waals surface area contributed by atoms with E-state index in [0.717, 1.165) is 27.3 Å². The molecule has 0 atom stereocenters. The predicted molar refractivity (Wildman–Crippen MR) is 236 cm³/mol. The molecule has 5 aromatic rings. The summed E-state index contributed by atoms with van der Waals surface area (Å²) in [5.74, 6) is 0.154. The smallest absolute Gasteiger partial charge is 0.129 e. The average molecular weight is 792 g/mol. The van der Waals surface area contributed by atoms with Crippen LogP contribution in [0.1, 0.15) is 155 Å². The summed E-state index contributed by atoms with van der Waals surface area (Å²) in [7, 11) is 0. The largest absolute Gasteiger partial charge is 0.207 e. The second kappa shape index (κ2) is 23.4. The van der Waals surface area contributed by atoms with Gasteiger partial charge in [0, 0.05) is 10.6 Å². The van der Waals surface area contributed by atoms with Gasteiger partial charge in [-0.05, 0) is 139 Å². The molecule has 0 N–H and O–H groups in total. The molecule has 0 bridgehead atoms. The van der Waals surface area contributed by atoms with Gasteiger partial charge in [0.25, 0.3) is 0 Å². The van der Waals surface area contributed by atoms with Crippen LogP contribution in [0.4, 0.5) is 17.6 Å². The van der Waals surface area contributed by atoms with Crippen molar-refractivity contribution in [2.45, 2.75) is 140 Å². The van der Waals surface area contributed by atoms with Crippen LogP contribution >= 0.6 is 11.6 Å². The fourth-order valence-corrected chi connectivity index (χ4v) is 5.65. The molecule has 0 nitrogen and oxygen atoms in total. The summed E-state index contributed by atoms with van der Waals surface area (Å²) in [6.07, 6.45) is 0. The monoisotopic (exact) mass is 790 g/mol. The molecule has 306 valence electrons. The molecule has 0 saturated heterocycles. The zero-order valence-electron chi connectivity index (χ0n) is 36.9. The maximum absolute atomic E-state index is 13.1. The van der Waals surface area contributed by atoms with Crippen molar-refractivity contribution in [2.75, 3.05) is 0 Å². The fourth-order valence-electron chi connectivity index (χ4n) is 5.53. The summed E-state index contributed by atoms with van der Waals surface area (Å²) >= 11 is 5.89. The Labute approximate surface area is 342 Å². The van der Waals surface area contributed by atoms with E-state index in [1.165, 1.54) is 40.5 Å². The molecular formula is C51H67ClF4. The number of benzene rings is 5. The highest BCUT2D eigenvalue weighted by molar-refractivity contribution is 6.31. The minimum Gasteiger partial charge on any atom is -0.207 e. The van der Waals surface area contributed by atoms with Crippen molar-refractivity contribution in [1.29, 1.82) is 0 Å². The lowest BCUT2D eigenvalue weighted by atomic mass is 9.86. The van der Waals surface area contributed by atoms with Crippen molar-refractivity contribution in [3.63, 3.8) is 0 Å². The first kappa shape index (κ1) is 50.1. The Morgan fingerprint density at radius 3 is 1.32 bits per heavy atom. The second-order valence-corrected chi connectivity index (χ2v) is 17.3. The third-order valence-electron chi connectivity index (χ3n) is 9.16. The zero-order valence-corrected chi connectivity index (χ0v) is 37.6. The summed E-state index contributed by atoms with van der Waals surface area (Å²) in [6, 6.07) is 28.3. The molecule has 5 aromatic carbocycles. The molecule has 0 spiro atoms. The van der Waals surface area contributed by atoms with Crippen molar-refractivity contribution in [3.8, 4) is 0 Å². The van der Waals surface area contributed by atoms with Crippen molar-refractivity contribution in [1.82, 2.24) is 0 Å². The predicted octanol–water partition coefficient (Wildman–Crippen LogP) is 17.0. The lowest BCUT2D eigenvalue weighted by Crippen LogP contribution is -2.10. The Kier molecular flexibility index (Phi) is 20.9. The molecule has 0 heterocycles. The molecule has 0 saturated carbocycles. The molecule has 0 aromatic heterocycles. The first-order valence-corrected chi connectivity index (χ1v) is 20.0. The maximum atomic E-state index is 13.1. The van der Waals surface area contributed by atoms with Crippen LogP contribution in [-0.4, -0.2) is 0 Å². The molecule has 0 aliphatic carbocycles. The van der Waals surface area contributed by atoms with Gasteiger partial charge >= 0.3 is 0 Å². The highest BCUT2D eigenvalue weighted by atomic mass is 35.5. The molecule has 0 radical (unpaired) electrons. The summed E-state index contributed by atoms with van der Waals surface area (Å²) in [6.45, 7) is 32.4. The highest BCUT2D eigenvalue weighted by Gasteiger charge is 2.13. The summed E-state index contributed by atoms with van der Waals surface area (Å²) in [4.78, 5) is 0. The van der Waals surface area contributed by atoms with Gasteiger partial charge < -0.3 is 0 Å². The zero-order chi connectivity index (χ0) is 43.1. The van der Waals surface area contributed by atoms with Crippen LogP contribution in [-0.2, 0) is 5.41 Å². The van der Waals surface area contributed by atoms with E-state index in [4.69, 9.17) is 11.6 Å². The Balaban J connectivity index is 0.000000350. The number of hydrogen-bond donors (Lipinski definition) is 0. The lowest BCUT2D eigenvalue weighted by molar-refractivity contribution is 0.540. The van der Waals surface area contributed by atoms with Crippen LogP contribution in [0.5, 0.6) is 0 Å². The van der Waals surface area contributed by atoms with Crippen LogP contribution in [0, 0.1) is 57.9 Å². The Bertz CT molecular complexity index is 1870. The first-order chi connectivity index (χ1) is 25.8. The van der Waals surface area contributed by atoms with Crippen LogP contribution in [0.15, 0.2) is 91.0 Å². The van der Waals surface area contributed by atoms with E-state index in [9.17, 15) is 17.6 Å². The van der Waals surface area contributed by atoms with E-state index >= 15 is 0 Å². The molecule has 0 aliphatic rings. The van der Waals surface area contributed by atoms with Gasteiger partial charge in [-0.2, -0.15) is 0 Å². The molecule has 0 aliphatic heterocycles. The van der Waals surface area contributed by atoms with E-state index in [0.29, 0.717) is 17.4 Å². The molecule has 0 fully saturated rings. The van der Waals surface area contributed by atoms with E-state index in [1.54, 1.807) is 33.8 Å².